The van der Waals surface area contributed by atoms with Gasteiger partial charge in [-0.1, -0.05) is 51.8 Å². The fourth-order valence-electron chi connectivity index (χ4n) is 3.20. The van der Waals surface area contributed by atoms with Gasteiger partial charge < -0.3 is 5.32 Å². The van der Waals surface area contributed by atoms with Crippen LogP contribution in [0.2, 0.25) is 0 Å². The summed E-state index contributed by atoms with van der Waals surface area (Å²) in [5.41, 5.74) is 1.13. The maximum Gasteiger partial charge on any atom is 0.267 e. The highest BCUT2D eigenvalue weighted by atomic mass is 19.1. The lowest BCUT2D eigenvalue weighted by molar-refractivity contribution is -0.115. The highest BCUT2D eigenvalue weighted by molar-refractivity contribution is 6.39. The molecule has 0 bridgehead atoms. The van der Waals surface area contributed by atoms with Crippen LogP contribution >= 0.6 is 0 Å². The maximum absolute atomic E-state index is 14.3. The minimum atomic E-state index is -0.232. The summed E-state index contributed by atoms with van der Waals surface area (Å²) in [5.74, 6) is -0.349. The summed E-state index contributed by atoms with van der Waals surface area (Å²) >= 11 is 0. The van der Waals surface area contributed by atoms with Gasteiger partial charge in [-0.3, -0.25) is 9.80 Å². The lowest BCUT2D eigenvalue weighted by Crippen LogP contribution is -2.38. The van der Waals surface area contributed by atoms with Crippen molar-refractivity contribution >= 4 is 11.6 Å². The van der Waals surface area contributed by atoms with Crippen LogP contribution in [0.15, 0.2) is 29.4 Å². The summed E-state index contributed by atoms with van der Waals surface area (Å²) in [4.78, 5) is 12.5. The Bertz CT molecular complexity index is 598. The third-order valence-electron chi connectivity index (χ3n) is 4.83. The molecule has 1 aliphatic rings. The van der Waals surface area contributed by atoms with E-state index in [2.05, 4.69) is 31.2 Å². The number of carbonyl (C=O) groups is 1. The lowest BCUT2D eigenvalue weighted by Gasteiger charge is -2.24. The van der Waals surface area contributed by atoms with E-state index in [0.29, 0.717) is 17.7 Å². The second-order valence-electron chi connectivity index (χ2n) is 6.65. The Balaban J connectivity index is 2.15. The van der Waals surface area contributed by atoms with Crippen molar-refractivity contribution < 1.29 is 9.18 Å². The Morgan fingerprint density at radius 2 is 2.00 bits per heavy atom. The van der Waals surface area contributed by atoms with E-state index in [1.807, 2.05) is 11.1 Å². The molecule has 1 aromatic rings. The first kappa shape index (κ1) is 19.4. The third kappa shape index (κ3) is 5.03. The molecule has 1 heterocycles. The fourth-order valence-corrected chi connectivity index (χ4v) is 3.20. The van der Waals surface area contributed by atoms with Crippen LogP contribution in [-0.2, 0) is 4.79 Å². The fraction of sp³-hybridized carbons (Fsp3) is 0.600. The second-order valence-corrected chi connectivity index (χ2v) is 6.65. The maximum atomic E-state index is 14.3. The van der Waals surface area contributed by atoms with Gasteiger partial charge in [0.05, 0.1) is 6.04 Å². The number of hydrogen-bond donors (Lipinski definition) is 1. The minimum absolute atomic E-state index is 0.118. The molecule has 1 aliphatic heterocycles. The van der Waals surface area contributed by atoms with Crippen molar-refractivity contribution in [2.75, 3.05) is 6.54 Å². The molecule has 0 saturated carbocycles. The Morgan fingerprint density at radius 3 is 2.64 bits per heavy atom. The summed E-state index contributed by atoms with van der Waals surface area (Å²) in [6.45, 7) is 7.01. The molecule has 0 fully saturated rings. The summed E-state index contributed by atoms with van der Waals surface area (Å²) in [6.07, 6.45) is 5.46. The van der Waals surface area contributed by atoms with Gasteiger partial charge in [0, 0.05) is 24.6 Å². The highest BCUT2D eigenvalue weighted by Gasteiger charge is 2.32. The zero-order valence-electron chi connectivity index (χ0n) is 15.6. The average molecular weight is 347 g/mol. The number of hydrazone groups is 1. The molecule has 4 nitrogen and oxygen atoms in total. The minimum Gasteiger partial charge on any atom is -0.348 e. The van der Waals surface area contributed by atoms with Crippen molar-refractivity contribution in [1.29, 1.82) is 0 Å². The molecule has 0 spiro atoms. The predicted octanol–water partition coefficient (Wildman–Crippen LogP) is 4.42. The first-order valence-electron chi connectivity index (χ1n) is 9.50. The number of nitrogens with one attached hydrogen (secondary N) is 1. The Labute approximate surface area is 150 Å². The second kappa shape index (κ2) is 9.54. The van der Waals surface area contributed by atoms with E-state index in [1.54, 1.807) is 12.1 Å². The standard InChI is InChI=1S/C20H30FN3O/c1-4-7-10-13-24-19(16-11-8-9-12-17(16)21)14-18(23-24)20(25)22-15(5-2)6-3/h8-9,11-12,15,19H,4-7,10,13-14H2,1-3H3,(H,22,25). The van der Waals surface area contributed by atoms with Crippen LogP contribution in [-0.4, -0.2) is 29.2 Å². The average Bonchev–Trinajstić information content (AvgIpc) is 3.04. The quantitative estimate of drug-likeness (QED) is 0.672. The summed E-state index contributed by atoms with van der Waals surface area (Å²) in [5, 5.41) is 9.49. The van der Waals surface area contributed by atoms with E-state index < -0.39 is 0 Å². The van der Waals surface area contributed by atoms with Crippen LogP contribution in [0.1, 0.15) is 70.9 Å². The Morgan fingerprint density at radius 1 is 1.28 bits per heavy atom. The molecule has 1 amide bonds. The smallest absolute Gasteiger partial charge is 0.267 e. The predicted molar refractivity (Wildman–Crippen MR) is 99.9 cm³/mol. The van der Waals surface area contributed by atoms with Crippen molar-refractivity contribution in [3.8, 4) is 0 Å². The number of unbranched alkanes of at least 4 members (excludes halogenated alkanes) is 2. The molecule has 5 heteroatoms. The number of benzene rings is 1. The first-order chi connectivity index (χ1) is 12.1. The van der Waals surface area contributed by atoms with Gasteiger partial charge in [-0.25, -0.2) is 4.39 Å². The number of halogens is 1. The van der Waals surface area contributed by atoms with Crippen LogP contribution < -0.4 is 5.32 Å². The molecular weight excluding hydrogens is 317 g/mol. The van der Waals surface area contributed by atoms with Gasteiger partial charge in [-0.2, -0.15) is 5.10 Å². The topological polar surface area (TPSA) is 44.7 Å². The van der Waals surface area contributed by atoms with Crippen molar-refractivity contribution in [1.82, 2.24) is 10.3 Å². The van der Waals surface area contributed by atoms with Gasteiger partial charge in [-0.05, 0) is 25.3 Å². The normalized spacial score (nSPS) is 17.1. The molecule has 138 valence electrons. The van der Waals surface area contributed by atoms with Crippen LogP contribution in [0.5, 0.6) is 0 Å². The molecule has 0 aliphatic carbocycles. The van der Waals surface area contributed by atoms with Gasteiger partial charge >= 0.3 is 0 Å². The van der Waals surface area contributed by atoms with Crippen LogP contribution in [0.3, 0.4) is 0 Å². The molecule has 1 atom stereocenters. The Hall–Kier alpha value is -1.91. The van der Waals surface area contributed by atoms with Gasteiger partial charge in [0.1, 0.15) is 11.5 Å². The summed E-state index contributed by atoms with van der Waals surface area (Å²) < 4.78 is 14.3. The molecule has 1 unspecified atom stereocenters. The van der Waals surface area contributed by atoms with Crippen LogP contribution in [0.4, 0.5) is 4.39 Å². The van der Waals surface area contributed by atoms with E-state index in [4.69, 9.17) is 0 Å². The van der Waals surface area contributed by atoms with Crippen LogP contribution in [0.25, 0.3) is 0 Å². The first-order valence-corrected chi connectivity index (χ1v) is 9.50. The molecule has 1 N–H and O–H groups in total. The molecule has 2 rings (SSSR count). The van der Waals surface area contributed by atoms with E-state index >= 15 is 0 Å². The Kier molecular flexibility index (Phi) is 7.41. The number of hydrogen-bond acceptors (Lipinski definition) is 3. The number of nitrogens with zero attached hydrogens (tertiary/aromatic N) is 2. The number of carbonyl (C=O) groups excluding carboxylic acids is 1. The molecule has 0 saturated heterocycles. The number of amides is 1. The lowest BCUT2D eigenvalue weighted by atomic mass is 10.0. The summed E-state index contributed by atoms with van der Waals surface area (Å²) in [7, 11) is 0. The monoisotopic (exact) mass is 347 g/mol. The van der Waals surface area contributed by atoms with Crippen LogP contribution in [0, 0.1) is 5.82 Å². The highest BCUT2D eigenvalue weighted by Crippen LogP contribution is 2.32. The summed E-state index contributed by atoms with van der Waals surface area (Å²) in [6, 6.07) is 6.77. The van der Waals surface area contributed by atoms with E-state index in [-0.39, 0.29) is 23.8 Å². The molecular formula is C20H30FN3O. The van der Waals surface area contributed by atoms with Crippen molar-refractivity contribution in [2.24, 2.45) is 5.10 Å². The zero-order chi connectivity index (χ0) is 18.2. The van der Waals surface area contributed by atoms with Crippen molar-refractivity contribution in [2.45, 2.75) is 71.4 Å². The molecule has 0 aromatic heterocycles. The van der Waals surface area contributed by atoms with Gasteiger partial charge in [0.2, 0.25) is 0 Å². The SMILES string of the molecule is CCCCCN1N=C(C(=O)NC(CC)CC)CC1c1ccccc1F. The molecule has 0 radical (unpaired) electrons. The van der Waals surface area contributed by atoms with E-state index in [9.17, 15) is 9.18 Å². The molecule has 1 aromatic carbocycles. The van der Waals surface area contributed by atoms with E-state index in [0.717, 1.165) is 38.6 Å². The third-order valence-corrected chi connectivity index (χ3v) is 4.83. The van der Waals surface area contributed by atoms with Crippen molar-refractivity contribution in [3.05, 3.63) is 35.6 Å². The number of rotatable bonds is 9. The molecule has 25 heavy (non-hydrogen) atoms. The largest absolute Gasteiger partial charge is 0.348 e. The zero-order valence-corrected chi connectivity index (χ0v) is 15.6. The van der Waals surface area contributed by atoms with E-state index in [1.165, 1.54) is 6.07 Å². The van der Waals surface area contributed by atoms with Gasteiger partial charge in [0.25, 0.3) is 5.91 Å². The van der Waals surface area contributed by atoms with Crippen molar-refractivity contribution in [3.63, 3.8) is 0 Å². The van der Waals surface area contributed by atoms with Gasteiger partial charge in [0.15, 0.2) is 0 Å². The van der Waals surface area contributed by atoms with Gasteiger partial charge in [-0.15, -0.1) is 0 Å².